The van der Waals surface area contributed by atoms with E-state index < -0.39 is 17.3 Å². The van der Waals surface area contributed by atoms with Gasteiger partial charge in [-0.05, 0) is 62.1 Å². The molecule has 0 N–H and O–H groups in total. The smallest absolute Gasteiger partial charge is 0.340 e. The highest BCUT2D eigenvalue weighted by Crippen LogP contribution is 2.47. The fourth-order valence-corrected chi connectivity index (χ4v) is 5.68. The lowest BCUT2D eigenvalue weighted by Gasteiger charge is -2.28. The van der Waals surface area contributed by atoms with Crippen molar-refractivity contribution in [2.75, 3.05) is 32.1 Å². The molecule has 35 heavy (non-hydrogen) atoms. The lowest BCUT2D eigenvalue weighted by molar-refractivity contribution is -0.127. The number of anilines is 1. The maximum atomic E-state index is 14.0. The zero-order chi connectivity index (χ0) is 25.1. The van der Waals surface area contributed by atoms with Gasteiger partial charge in [-0.25, -0.2) is 4.79 Å². The Labute approximate surface area is 223 Å². The van der Waals surface area contributed by atoms with Crippen LogP contribution in [0.15, 0.2) is 71.6 Å². The van der Waals surface area contributed by atoms with Gasteiger partial charge in [0.25, 0.3) is 5.91 Å². The highest BCUT2D eigenvalue weighted by Gasteiger charge is 2.41. The quantitative estimate of drug-likeness (QED) is 0.324. The minimum atomic E-state index is -1.10. The Hall–Kier alpha value is -2.22. The van der Waals surface area contributed by atoms with Crippen molar-refractivity contribution < 1.29 is 14.3 Å². The highest BCUT2D eigenvalue weighted by molar-refractivity contribution is 7.99. The maximum absolute atomic E-state index is 14.0. The molecule has 0 bridgehead atoms. The second-order valence-corrected chi connectivity index (χ2v) is 10.8. The van der Waals surface area contributed by atoms with Crippen LogP contribution in [0, 0.1) is 0 Å². The van der Waals surface area contributed by atoms with Crippen molar-refractivity contribution in [1.82, 2.24) is 4.90 Å². The number of nitrogens with zero attached hydrogens (tertiary/aromatic N) is 2. The van der Waals surface area contributed by atoms with Gasteiger partial charge in [0.2, 0.25) is 0 Å². The molecule has 9 heteroatoms. The molecule has 1 aliphatic rings. The van der Waals surface area contributed by atoms with Gasteiger partial charge in [-0.15, -0.1) is 11.8 Å². The predicted octanol–water partition coefficient (Wildman–Crippen LogP) is 6.61. The van der Waals surface area contributed by atoms with Gasteiger partial charge in [-0.2, -0.15) is 0 Å². The number of hydrogen-bond donors (Lipinski definition) is 0. The van der Waals surface area contributed by atoms with E-state index in [4.69, 9.17) is 39.5 Å². The molecule has 4 rings (SSSR count). The maximum Gasteiger partial charge on any atom is 0.340 e. The Morgan fingerprint density at radius 2 is 1.69 bits per heavy atom. The van der Waals surface area contributed by atoms with Crippen LogP contribution in [-0.4, -0.2) is 50.1 Å². The summed E-state index contributed by atoms with van der Waals surface area (Å²) in [7, 11) is 3.89. The van der Waals surface area contributed by atoms with Crippen LogP contribution in [0.4, 0.5) is 5.69 Å². The summed E-state index contributed by atoms with van der Waals surface area (Å²) < 4.78 is 5.93. The topological polar surface area (TPSA) is 49.9 Å². The molecule has 1 heterocycles. The van der Waals surface area contributed by atoms with Crippen molar-refractivity contribution in [2.24, 2.45) is 0 Å². The number of halogens is 3. The zero-order valence-corrected chi connectivity index (χ0v) is 22.2. The molecule has 3 aromatic rings. The third-order valence-corrected chi connectivity index (χ3v) is 7.72. The number of benzene rings is 3. The molecule has 3 aromatic carbocycles. The normalized spacial score (nSPS) is 17.8. The van der Waals surface area contributed by atoms with Gasteiger partial charge in [-0.1, -0.05) is 59.1 Å². The van der Waals surface area contributed by atoms with E-state index in [9.17, 15) is 9.59 Å². The van der Waals surface area contributed by atoms with E-state index in [0.717, 1.165) is 16.1 Å². The Morgan fingerprint density at radius 3 is 2.37 bits per heavy atom. The number of ether oxygens (including phenoxy) is 1. The molecule has 0 fully saturated rings. The molecule has 2 atom stereocenters. The van der Waals surface area contributed by atoms with Crippen LogP contribution in [0.1, 0.15) is 21.2 Å². The molecule has 0 saturated carbocycles. The van der Waals surface area contributed by atoms with Gasteiger partial charge in [0.1, 0.15) is 0 Å². The van der Waals surface area contributed by atoms with Gasteiger partial charge in [-0.3, -0.25) is 4.79 Å². The number of fused-ring (bicyclic) bond motifs is 1. The van der Waals surface area contributed by atoms with E-state index in [1.807, 2.05) is 55.4 Å². The molecule has 0 spiro atoms. The van der Waals surface area contributed by atoms with Crippen molar-refractivity contribution >= 4 is 64.1 Å². The van der Waals surface area contributed by atoms with E-state index >= 15 is 0 Å². The Kier molecular flexibility index (Phi) is 8.30. The van der Waals surface area contributed by atoms with Gasteiger partial charge in [0.05, 0.1) is 21.5 Å². The van der Waals surface area contributed by atoms with Gasteiger partial charge in [0.15, 0.2) is 6.10 Å². The van der Waals surface area contributed by atoms with Crippen LogP contribution in [0.3, 0.4) is 0 Å². The molecule has 0 radical (unpaired) electrons. The molecule has 0 aromatic heterocycles. The Morgan fingerprint density at radius 1 is 1.00 bits per heavy atom. The van der Waals surface area contributed by atoms with Crippen molar-refractivity contribution in [2.45, 2.75) is 16.2 Å². The largest absolute Gasteiger partial charge is 0.447 e. The van der Waals surface area contributed by atoms with E-state index in [1.54, 1.807) is 23.1 Å². The summed E-state index contributed by atoms with van der Waals surface area (Å²) >= 11 is 19.9. The van der Waals surface area contributed by atoms with Gasteiger partial charge in [0, 0.05) is 28.0 Å². The first kappa shape index (κ1) is 25.9. The van der Waals surface area contributed by atoms with Crippen LogP contribution < -0.4 is 4.90 Å². The van der Waals surface area contributed by atoms with Crippen LogP contribution in [0.5, 0.6) is 0 Å². The lowest BCUT2D eigenvalue weighted by Crippen LogP contribution is -2.45. The third-order valence-electron chi connectivity index (χ3n) is 5.55. The average Bonchev–Trinajstić information content (AvgIpc) is 2.93. The first-order valence-electron chi connectivity index (χ1n) is 10.9. The first-order chi connectivity index (χ1) is 16.7. The van der Waals surface area contributed by atoms with Gasteiger partial charge >= 0.3 is 5.97 Å². The number of para-hydroxylation sites is 1. The van der Waals surface area contributed by atoms with Crippen LogP contribution in [0.25, 0.3) is 0 Å². The molecular formula is C26H23Cl3N2O3S. The third kappa shape index (κ3) is 5.96. The fourth-order valence-electron chi connectivity index (χ4n) is 3.75. The minimum absolute atomic E-state index is 0.144. The molecular weight excluding hydrogens is 527 g/mol. The molecule has 2 unspecified atom stereocenters. The summed E-state index contributed by atoms with van der Waals surface area (Å²) in [5.74, 6) is -0.995. The zero-order valence-electron chi connectivity index (χ0n) is 19.1. The number of hydrogen-bond acceptors (Lipinski definition) is 5. The summed E-state index contributed by atoms with van der Waals surface area (Å²) in [5.41, 5.74) is 1.74. The van der Waals surface area contributed by atoms with Gasteiger partial charge < -0.3 is 14.5 Å². The number of carbonyl (C=O) groups is 2. The number of amides is 1. The Balaban J connectivity index is 1.78. The summed E-state index contributed by atoms with van der Waals surface area (Å²) in [6, 6.07) is 19.5. The highest BCUT2D eigenvalue weighted by atomic mass is 35.5. The number of thioether (sulfide) groups is 1. The minimum Gasteiger partial charge on any atom is -0.447 e. The Bertz CT molecular complexity index is 1240. The number of rotatable bonds is 6. The monoisotopic (exact) mass is 548 g/mol. The second-order valence-electron chi connectivity index (χ2n) is 8.30. The summed E-state index contributed by atoms with van der Waals surface area (Å²) in [6.45, 7) is 1.08. The van der Waals surface area contributed by atoms with Crippen molar-refractivity contribution in [3.63, 3.8) is 0 Å². The molecule has 1 amide bonds. The number of esters is 1. The molecule has 0 aliphatic carbocycles. The lowest BCUT2D eigenvalue weighted by atomic mass is 10.1. The van der Waals surface area contributed by atoms with Crippen molar-refractivity contribution in [3.05, 3.63) is 92.9 Å². The van der Waals surface area contributed by atoms with E-state index in [1.165, 1.54) is 23.9 Å². The number of likely N-dealkylation sites (N-methyl/N-ethyl adjacent to an activating group) is 1. The first-order valence-corrected chi connectivity index (χ1v) is 12.9. The average molecular weight is 550 g/mol. The predicted molar refractivity (Wildman–Crippen MR) is 143 cm³/mol. The second kappa shape index (κ2) is 11.2. The van der Waals surface area contributed by atoms with Crippen molar-refractivity contribution in [1.29, 1.82) is 0 Å². The molecule has 1 aliphatic heterocycles. The van der Waals surface area contributed by atoms with E-state index in [2.05, 4.69) is 0 Å². The van der Waals surface area contributed by atoms with Crippen LogP contribution in [0.2, 0.25) is 15.1 Å². The van der Waals surface area contributed by atoms with Crippen LogP contribution >= 0.6 is 46.6 Å². The fraction of sp³-hybridized carbons (Fsp3) is 0.231. The van der Waals surface area contributed by atoms with E-state index in [-0.39, 0.29) is 16.5 Å². The standard InChI is InChI=1S/C26H23Cl3N2O3S/c1-30(2)13-14-31-21-5-3-4-6-22(21)35-24(16-7-9-17(27)10-8-16)23(25(31)32)34-26(33)19-12-11-18(28)15-20(19)29/h3-12,15,23-24H,13-14H2,1-2H3. The summed E-state index contributed by atoms with van der Waals surface area (Å²) in [5, 5.41) is 0.637. The summed E-state index contributed by atoms with van der Waals surface area (Å²) in [4.78, 5) is 31.8. The summed E-state index contributed by atoms with van der Waals surface area (Å²) in [6.07, 6.45) is -1.10. The molecule has 5 nitrogen and oxygen atoms in total. The molecule has 0 saturated heterocycles. The SMILES string of the molecule is CN(C)CCN1C(=O)C(OC(=O)c2ccc(Cl)cc2Cl)C(c2ccc(Cl)cc2)Sc2ccccc21. The number of carbonyl (C=O) groups excluding carboxylic acids is 2. The van der Waals surface area contributed by atoms with E-state index in [0.29, 0.717) is 23.1 Å². The van der Waals surface area contributed by atoms with Crippen LogP contribution in [-0.2, 0) is 9.53 Å². The van der Waals surface area contributed by atoms with Crippen molar-refractivity contribution in [3.8, 4) is 0 Å². The molecule has 182 valence electrons.